The van der Waals surface area contributed by atoms with Crippen LogP contribution in [0.15, 0.2) is 18.2 Å². The fourth-order valence-corrected chi connectivity index (χ4v) is 3.18. The number of aryl methyl sites for hydroxylation is 1. The number of carbonyl (C=O) groups excluding carboxylic acids is 1. The predicted molar refractivity (Wildman–Crippen MR) is 68.6 cm³/mol. The van der Waals surface area contributed by atoms with Crippen molar-refractivity contribution in [2.75, 3.05) is 11.4 Å². The number of anilines is 1. The quantitative estimate of drug-likeness (QED) is 0.532. The van der Waals surface area contributed by atoms with Gasteiger partial charge >= 0.3 is 0 Å². The smallest absolute Gasteiger partial charge is 0.239 e. The molecule has 2 aliphatic heterocycles. The van der Waals surface area contributed by atoms with Gasteiger partial charge in [0.1, 0.15) is 0 Å². The van der Waals surface area contributed by atoms with Gasteiger partial charge in [0.2, 0.25) is 5.91 Å². The molecule has 0 spiro atoms. The molecule has 0 aliphatic carbocycles. The number of carbonyl (C=O) groups is 1. The van der Waals surface area contributed by atoms with Crippen LogP contribution in [0.1, 0.15) is 17.5 Å². The fraction of sp³-hybridized carbons (Fsp3) is 0.417. The molecule has 0 fully saturated rings. The van der Waals surface area contributed by atoms with Crippen LogP contribution in [0, 0.1) is 0 Å². The van der Waals surface area contributed by atoms with E-state index in [1.54, 1.807) is 0 Å². The molecule has 0 saturated carbocycles. The molecule has 0 radical (unpaired) electrons. The van der Waals surface area contributed by atoms with Crippen molar-refractivity contribution in [1.82, 2.24) is 0 Å². The second kappa shape index (κ2) is 3.47. The third-order valence-electron chi connectivity index (χ3n) is 3.28. The number of hydrogen-bond donors (Lipinski definition) is 0. The Morgan fingerprint density at radius 1 is 1.27 bits per heavy atom. The molecule has 3 rings (SSSR count). The molecular formula is C12H12INO. The summed E-state index contributed by atoms with van der Waals surface area (Å²) in [5.74, 6) is 0.305. The zero-order valence-electron chi connectivity index (χ0n) is 8.37. The molecule has 1 atom stereocenters. The van der Waals surface area contributed by atoms with E-state index in [0.29, 0.717) is 5.91 Å². The number of hydrogen-bond acceptors (Lipinski definition) is 1. The summed E-state index contributed by atoms with van der Waals surface area (Å²) in [6.07, 6.45) is 3.05. The Hall–Kier alpha value is -0.580. The lowest BCUT2D eigenvalue weighted by atomic mass is 10.0. The van der Waals surface area contributed by atoms with E-state index in [4.69, 9.17) is 0 Å². The predicted octanol–water partition coefficient (Wildman–Crippen LogP) is 2.33. The highest BCUT2D eigenvalue weighted by Gasteiger charge is 2.33. The molecule has 15 heavy (non-hydrogen) atoms. The van der Waals surface area contributed by atoms with E-state index in [1.807, 2.05) is 4.90 Å². The van der Waals surface area contributed by atoms with Crippen LogP contribution >= 0.6 is 22.6 Å². The zero-order chi connectivity index (χ0) is 10.4. The van der Waals surface area contributed by atoms with E-state index >= 15 is 0 Å². The maximum absolute atomic E-state index is 12.1. The first kappa shape index (κ1) is 9.63. The molecule has 78 valence electrons. The van der Waals surface area contributed by atoms with Crippen LogP contribution in [0.3, 0.4) is 0 Å². The van der Waals surface area contributed by atoms with Gasteiger partial charge in [-0.15, -0.1) is 0 Å². The second-order valence-corrected chi connectivity index (χ2v) is 5.67. The van der Waals surface area contributed by atoms with Gasteiger partial charge in [0, 0.05) is 6.54 Å². The van der Waals surface area contributed by atoms with Gasteiger partial charge in [-0.3, -0.25) is 4.79 Å². The Morgan fingerprint density at radius 2 is 2.00 bits per heavy atom. The summed E-state index contributed by atoms with van der Waals surface area (Å²) in [6, 6.07) is 6.44. The van der Waals surface area contributed by atoms with Gasteiger partial charge in [-0.25, -0.2) is 0 Å². The Bertz CT molecular complexity index is 430. The van der Waals surface area contributed by atoms with Crippen LogP contribution in [0.4, 0.5) is 5.69 Å². The molecule has 1 unspecified atom stereocenters. The fourth-order valence-electron chi connectivity index (χ4n) is 2.53. The van der Waals surface area contributed by atoms with Gasteiger partial charge in [0.25, 0.3) is 0 Å². The van der Waals surface area contributed by atoms with Gasteiger partial charge in [-0.2, -0.15) is 0 Å². The molecule has 2 nitrogen and oxygen atoms in total. The largest absolute Gasteiger partial charge is 0.311 e. The molecule has 2 heterocycles. The molecule has 1 aromatic rings. The van der Waals surface area contributed by atoms with Crippen molar-refractivity contribution in [2.45, 2.75) is 23.2 Å². The first-order chi connectivity index (χ1) is 7.27. The molecule has 0 bridgehead atoms. The Kier molecular flexibility index (Phi) is 2.23. The molecule has 0 saturated heterocycles. The van der Waals surface area contributed by atoms with E-state index in [2.05, 4.69) is 40.8 Å². The van der Waals surface area contributed by atoms with Gasteiger partial charge in [0.05, 0.1) is 9.61 Å². The Labute approximate surface area is 103 Å². The molecular weight excluding hydrogens is 301 g/mol. The lowest BCUT2D eigenvalue weighted by Gasteiger charge is -2.18. The summed E-state index contributed by atoms with van der Waals surface area (Å²) in [4.78, 5) is 14.1. The zero-order valence-corrected chi connectivity index (χ0v) is 10.5. The van der Waals surface area contributed by atoms with E-state index in [0.717, 1.165) is 25.8 Å². The van der Waals surface area contributed by atoms with Crippen LogP contribution in [0.2, 0.25) is 0 Å². The first-order valence-electron chi connectivity index (χ1n) is 5.33. The highest BCUT2D eigenvalue weighted by atomic mass is 127. The number of amides is 1. The van der Waals surface area contributed by atoms with Gasteiger partial charge < -0.3 is 4.90 Å². The highest BCUT2D eigenvalue weighted by Crippen LogP contribution is 2.36. The Morgan fingerprint density at radius 3 is 2.80 bits per heavy atom. The summed E-state index contributed by atoms with van der Waals surface area (Å²) in [6.45, 7) is 0.880. The average Bonchev–Trinajstić information content (AvgIpc) is 2.63. The lowest BCUT2D eigenvalue weighted by molar-refractivity contribution is -0.117. The van der Waals surface area contributed by atoms with Gasteiger partial charge in [-0.1, -0.05) is 40.8 Å². The minimum atomic E-state index is 0.154. The van der Waals surface area contributed by atoms with Crippen molar-refractivity contribution in [3.05, 3.63) is 29.3 Å². The minimum Gasteiger partial charge on any atom is -0.311 e. The standard InChI is InChI=1S/C12H12INO/c13-10-5-4-8-2-1-3-9-6-7-14(11(8)9)12(10)15/h1-3,10H,4-7H2. The molecule has 0 aromatic heterocycles. The minimum absolute atomic E-state index is 0.154. The lowest BCUT2D eigenvalue weighted by Crippen LogP contribution is -2.34. The number of halogens is 1. The summed E-state index contributed by atoms with van der Waals surface area (Å²) < 4.78 is 0.154. The van der Waals surface area contributed by atoms with E-state index in [-0.39, 0.29) is 3.92 Å². The van der Waals surface area contributed by atoms with E-state index in [9.17, 15) is 4.79 Å². The van der Waals surface area contributed by atoms with Crippen LogP contribution in [-0.2, 0) is 17.6 Å². The number of nitrogens with zero attached hydrogens (tertiary/aromatic N) is 1. The summed E-state index contributed by atoms with van der Waals surface area (Å²) in [7, 11) is 0. The van der Waals surface area contributed by atoms with Crippen LogP contribution in [0.5, 0.6) is 0 Å². The highest BCUT2D eigenvalue weighted by molar-refractivity contribution is 14.1. The van der Waals surface area contributed by atoms with E-state index in [1.165, 1.54) is 16.8 Å². The van der Waals surface area contributed by atoms with Gasteiger partial charge in [0.15, 0.2) is 0 Å². The van der Waals surface area contributed by atoms with Gasteiger partial charge in [-0.05, 0) is 30.4 Å². The Balaban J connectivity index is 2.17. The number of para-hydroxylation sites is 1. The topological polar surface area (TPSA) is 20.3 Å². The number of benzene rings is 1. The average molecular weight is 313 g/mol. The maximum Gasteiger partial charge on any atom is 0.239 e. The van der Waals surface area contributed by atoms with Crippen molar-refractivity contribution in [3.63, 3.8) is 0 Å². The van der Waals surface area contributed by atoms with Crippen LogP contribution in [-0.4, -0.2) is 16.4 Å². The molecule has 2 aliphatic rings. The van der Waals surface area contributed by atoms with Crippen LogP contribution < -0.4 is 4.90 Å². The number of alkyl halides is 1. The second-order valence-electron chi connectivity index (χ2n) is 4.17. The van der Waals surface area contributed by atoms with Crippen molar-refractivity contribution < 1.29 is 4.79 Å². The third-order valence-corrected chi connectivity index (χ3v) is 4.43. The van der Waals surface area contributed by atoms with Crippen molar-refractivity contribution in [3.8, 4) is 0 Å². The first-order valence-corrected chi connectivity index (χ1v) is 6.58. The molecule has 0 N–H and O–H groups in total. The van der Waals surface area contributed by atoms with Crippen molar-refractivity contribution in [2.24, 2.45) is 0 Å². The SMILES string of the molecule is O=C1C(I)CCc2cccc3c2N1CC3. The summed E-state index contributed by atoms with van der Waals surface area (Å²) in [5.41, 5.74) is 3.94. The van der Waals surface area contributed by atoms with Crippen molar-refractivity contribution in [1.29, 1.82) is 0 Å². The maximum atomic E-state index is 12.1. The monoisotopic (exact) mass is 313 g/mol. The van der Waals surface area contributed by atoms with Crippen molar-refractivity contribution >= 4 is 34.2 Å². The third kappa shape index (κ3) is 1.40. The summed E-state index contributed by atoms with van der Waals surface area (Å²) >= 11 is 2.28. The number of rotatable bonds is 0. The summed E-state index contributed by atoms with van der Waals surface area (Å²) in [5, 5.41) is 0. The van der Waals surface area contributed by atoms with Crippen LogP contribution in [0.25, 0.3) is 0 Å². The molecule has 1 amide bonds. The molecule has 1 aromatic carbocycles. The normalized spacial score (nSPS) is 23.9. The molecule has 3 heteroatoms. The van der Waals surface area contributed by atoms with E-state index < -0.39 is 0 Å².